The molecular weight excluding hydrogens is 249 g/mol. The van der Waals surface area contributed by atoms with Gasteiger partial charge in [0.25, 0.3) is 11.7 Å². The SMILES string of the molecule is CCC(=O)C(C)N1C(=O)C(=O)c2cc(F)cc(C)c21. The molecule has 0 radical (unpaired) electrons. The number of hydrogen-bond acceptors (Lipinski definition) is 3. The molecule has 5 heteroatoms. The average Bonchev–Trinajstić information content (AvgIpc) is 2.61. The van der Waals surface area contributed by atoms with Crippen molar-refractivity contribution in [3.63, 3.8) is 0 Å². The van der Waals surface area contributed by atoms with Crippen molar-refractivity contribution in [2.75, 3.05) is 4.90 Å². The van der Waals surface area contributed by atoms with E-state index in [9.17, 15) is 18.8 Å². The first-order chi connectivity index (χ1) is 8.88. The number of fused-ring (bicyclic) bond motifs is 1. The Morgan fingerprint density at radius 2 is 2.00 bits per heavy atom. The van der Waals surface area contributed by atoms with Gasteiger partial charge in [-0.1, -0.05) is 6.92 Å². The Balaban J connectivity index is 2.59. The van der Waals surface area contributed by atoms with Crippen LogP contribution in [0.4, 0.5) is 10.1 Å². The smallest absolute Gasteiger partial charge is 0.297 e. The fourth-order valence-corrected chi connectivity index (χ4v) is 2.36. The Kier molecular flexibility index (Phi) is 3.22. The number of Topliss-reactive ketones (excluding diaryl/α,β-unsaturated/α-hetero) is 2. The first-order valence-corrected chi connectivity index (χ1v) is 6.09. The van der Waals surface area contributed by atoms with E-state index >= 15 is 0 Å². The third kappa shape index (κ3) is 1.95. The minimum absolute atomic E-state index is 0.0400. The van der Waals surface area contributed by atoms with Gasteiger partial charge in [-0.15, -0.1) is 0 Å². The topological polar surface area (TPSA) is 54.5 Å². The molecule has 1 heterocycles. The molecule has 19 heavy (non-hydrogen) atoms. The molecule has 1 unspecified atom stereocenters. The van der Waals surface area contributed by atoms with Gasteiger partial charge in [-0.05, 0) is 31.5 Å². The maximum absolute atomic E-state index is 13.3. The summed E-state index contributed by atoms with van der Waals surface area (Å²) in [6.07, 6.45) is 0.273. The van der Waals surface area contributed by atoms with Crippen LogP contribution >= 0.6 is 0 Å². The van der Waals surface area contributed by atoms with E-state index in [0.29, 0.717) is 11.3 Å². The highest BCUT2D eigenvalue weighted by molar-refractivity contribution is 6.53. The predicted molar refractivity (Wildman–Crippen MR) is 67.7 cm³/mol. The molecular formula is C14H14FNO3. The van der Waals surface area contributed by atoms with Crippen LogP contribution in [0.5, 0.6) is 0 Å². The van der Waals surface area contributed by atoms with E-state index < -0.39 is 23.5 Å². The largest absolute Gasteiger partial charge is 0.300 e. The van der Waals surface area contributed by atoms with E-state index in [-0.39, 0.29) is 17.8 Å². The van der Waals surface area contributed by atoms with E-state index in [1.54, 1.807) is 20.8 Å². The average molecular weight is 263 g/mol. The molecule has 1 atom stereocenters. The van der Waals surface area contributed by atoms with Gasteiger partial charge in [-0.2, -0.15) is 0 Å². The standard InChI is InChI=1S/C14H14FNO3/c1-4-11(17)8(3)16-12-7(2)5-9(15)6-10(12)13(18)14(16)19/h5-6,8H,4H2,1-3H3. The van der Waals surface area contributed by atoms with Crippen LogP contribution in [-0.4, -0.2) is 23.5 Å². The minimum Gasteiger partial charge on any atom is -0.297 e. The molecule has 1 aromatic rings. The molecule has 1 amide bonds. The van der Waals surface area contributed by atoms with E-state index in [0.717, 1.165) is 6.07 Å². The molecule has 0 aliphatic carbocycles. The Morgan fingerprint density at radius 3 is 2.58 bits per heavy atom. The quantitative estimate of drug-likeness (QED) is 0.784. The fraction of sp³-hybridized carbons (Fsp3) is 0.357. The van der Waals surface area contributed by atoms with Crippen LogP contribution in [0, 0.1) is 12.7 Å². The number of hydrogen-bond donors (Lipinski definition) is 0. The van der Waals surface area contributed by atoms with Crippen LogP contribution in [0.2, 0.25) is 0 Å². The lowest BCUT2D eigenvalue weighted by Crippen LogP contribution is -2.42. The van der Waals surface area contributed by atoms with Gasteiger partial charge in [0, 0.05) is 6.42 Å². The Labute approximate surface area is 110 Å². The zero-order valence-corrected chi connectivity index (χ0v) is 11.0. The van der Waals surface area contributed by atoms with Gasteiger partial charge < -0.3 is 0 Å². The van der Waals surface area contributed by atoms with Gasteiger partial charge >= 0.3 is 0 Å². The first kappa shape index (κ1) is 13.4. The predicted octanol–water partition coefficient (Wildman–Crippen LogP) is 2.03. The third-order valence-corrected chi connectivity index (χ3v) is 3.37. The molecule has 1 aliphatic rings. The van der Waals surface area contributed by atoms with E-state index in [1.807, 2.05) is 0 Å². The lowest BCUT2D eigenvalue weighted by Gasteiger charge is -2.24. The summed E-state index contributed by atoms with van der Waals surface area (Å²) in [4.78, 5) is 36.8. The second-order valence-corrected chi connectivity index (χ2v) is 4.62. The number of anilines is 1. The summed E-state index contributed by atoms with van der Waals surface area (Å²) in [7, 11) is 0. The molecule has 1 aliphatic heterocycles. The van der Waals surface area contributed by atoms with Crippen molar-refractivity contribution in [2.24, 2.45) is 0 Å². The molecule has 0 spiro atoms. The summed E-state index contributed by atoms with van der Waals surface area (Å²) in [6, 6.07) is 1.58. The Bertz CT molecular complexity index is 595. The fourth-order valence-electron chi connectivity index (χ4n) is 2.36. The summed E-state index contributed by atoms with van der Waals surface area (Å²) in [5.74, 6) is -2.22. The zero-order chi connectivity index (χ0) is 14.3. The number of carbonyl (C=O) groups is 3. The summed E-state index contributed by atoms with van der Waals surface area (Å²) < 4.78 is 13.3. The molecule has 0 saturated carbocycles. The van der Waals surface area contributed by atoms with Crippen molar-refractivity contribution >= 4 is 23.2 Å². The molecule has 0 fully saturated rings. The summed E-state index contributed by atoms with van der Waals surface area (Å²) in [6.45, 7) is 4.89. The molecule has 0 aromatic heterocycles. The number of nitrogens with zero attached hydrogens (tertiary/aromatic N) is 1. The van der Waals surface area contributed by atoms with Crippen LogP contribution in [0.15, 0.2) is 12.1 Å². The van der Waals surface area contributed by atoms with Crippen molar-refractivity contribution in [3.05, 3.63) is 29.1 Å². The zero-order valence-electron chi connectivity index (χ0n) is 11.0. The first-order valence-electron chi connectivity index (χ1n) is 6.09. The van der Waals surface area contributed by atoms with Crippen molar-refractivity contribution in [3.8, 4) is 0 Å². The number of halogens is 1. The van der Waals surface area contributed by atoms with Gasteiger partial charge in [0.1, 0.15) is 5.82 Å². The molecule has 1 aromatic carbocycles. The molecule has 0 bridgehead atoms. The van der Waals surface area contributed by atoms with Gasteiger partial charge in [-0.25, -0.2) is 4.39 Å². The second-order valence-electron chi connectivity index (χ2n) is 4.62. The van der Waals surface area contributed by atoms with E-state index in [4.69, 9.17) is 0 Å². The Hall–Kier alpha value is -2.04. The molecule has 4 nitrogen and oxygen atoms in total. The van der Waals surface area contributed by atoms with Crippen LogP contribution in [0.25, 0.3) is 0 Å². The molecule has 0 saturated heterocycles. The van der Waals surface area contributed by atoms with Gasteiger partial charge in [-0.3, -0.25) is 19.3 Å². The Morgan fingerprint density at radius 1 is 1.37 bits per heavy atom. The summed E-state index contributed by atoms with van der Waals surface area (Å²) >= 11 is 0. The number of rotatable bonds is 3. The number of carbonyl (C=O) groups excluding carboxylic acids is 3. The van der Waals surface area contributed by atoms with Crippen molar-refractivity contribution < 1.29 is 18.8 Å². The summed E-state index contributed by atoms with van der Waals surface area (Å²) in [5, 5.41) is 0. The van der Waals surface area contributed by atoms with Crippen LogP contribution in [0.1, 0.15) is 36.2 Å². The van der Waals surface area contributed by atoms with E-state index in [2.05, 4.69) is 0 Å². The molecule has 2 rings (SSSR count). The number of aryl methyl sites for hydroxylation is 1. The number of ketones is 2. The van der Waals surface area contributed by atoms with Crippen molar-refractivity contribution in [1.82, 2.24) is 0 Å². The third-order valence-electron chi connectivity index (χ3n) is 3.37. The van der Waals surface area contributed by atoms with Crippen LogP contribution in [0.3, 0.4) is 0 Å². The number of amides is 1. The minimum atomic E-state index is -0.766. The highest BCUT2D eigenvalue weighted by Gasteiger charge is 2.41. The van der Waals surface area contributed by atoms with Gasteiger partial charge in [0.2, 0.25) is 0 Å². The highest BCUT2D eigenvalue weighted by Crippen LogP contribution is 2.34. The highest BCUT2D eigenvalue weighted by atomic mass is 19.1. The van der Waals surface area contributed by atoms with Gasteiger partial charge in [0.05, 0.1) is 17.3 Å². The lowest BCUT2D eigenvalue weighted by molar-refractivity contribution is -0.122. The van der Waals surface area contributed by atoms with Crippen molar-refractivity contribution in [2.45, 2.75) is 33.2 Å². The van der Waals surface area contributed by atoms with E-state index in [1.165, 1.54) is 11.0 Å². The summed E-state index contributed by atoms with van der Waals surface area (Å²) in [5.41, 5.74) is 0.869. The van der Waals surface area contributed by atoms with Crippen LogP contribution in [-0.2, 0) is 9.59 Å². The normalized spacial score (nSPS) is 15.7. The molecule has 0 N–H and O–H groups in total. The number of benzene rings is 1. The monoisotopic (exact) mass is 263 g/mol. The maximum Gasteiger partial charge on any atom is 0.300 e. The van der Waals surface area contributed by atoms with Crippen molar-refractivity contribution in [1.29, 1.82) is 0 Å². The van der Waals surface area contributed by atoms with Gasteiger partial charge in [0.15, 0.2) is 5.78 Å². The second kappa shape index (κ2) is 4.57. The van der Waals surface area contributed by atoms with Crippen LogP contribution < -0.4 is 4.90 Å². The molecule has 100 valence electrons. The maximum atomic E-state index is 13.3. The lowest BCUT2D eigenvalue weighted by atomic mass is 10.1.